The number of halogens is 4. The van der Waals surface area contributed by atoms with E-state index in [0.29, 0.717) is 31.2 Å². The van der Waals surface area contributed by atoms with Crippen LogP contribution in [0.2, 0.25) is 10.0 Å². The van der Waals surface area contributed by atoms with Crippen LogP contribution in [0.1, 0.15) is 45.7 Å². The Morgan fingerprint density at radius 2 is 1.33 bits per heavy atom. The molecule has 2 aromatic carbocycles. The summed E-state index contributed by atoms with van der Waals surface area (Å²) < 4.78 is 21.1. The van der Waals surface area contributed by atoms with E-state index in [9.17, 15) is 19.2 Å². The van der Waals surface area contributed by atoms with Gasteiger partial charge in [-0.15, -0.1) is 24.8 Å². The normalized spacial score (nSPS) is 19.5. The minimum absolute atomic E-state index is 0. The second kappa shape index (κ2) is 24.4. The molecule has 0 spiro atoms. The molecule has 2 saturated heterocycles. The number of hydrogen-bond acceptors (Lipinski definition) is 9. The average molecular weight is 799 g/mol. The Balaban J connectivity index is 0.000000843. The lowest BCUT2D eigenvalue weighted by Crippen LogP contribution is -2.57. The van der Waals surface area contributed by atoms with Gasteiger partial charge in [-0.1, -0.05) is 47.5 Å². The number of esters is 1. The first-order valence-corrected chi connectivity index (χ1v) is 16.9. The van der Waals surface area contributed by atoms with E-state index in [2.05, 4.69) is 20.7 Å². The van der Waals surface area contributed by atoms with Crippen LogP contribution < -0.4 is 16.0 Å². The van der Waals surface area contributed by atoms with E-state index in [1.165, 1.54) is 12.5 Å². The van der Waals surface area contributed by atoms with Crippen molar-refractivity contribution in [3.8, 4) is 0 Å². The third-order valence-corrected chi connectivity index (χ3v) is 7.72. The summed E-state index contributed by atoms with van der Waals surface area (Å²) in [4.78, 5) is 47.3. The van der Waals surface area contributed by atoms with E-state index >= 15 is 0 Å². The molecule has 2 aliphatic rings. The highest BCUT2D eigenvalue weighted by molar-refractivity contribution is 6.30. The summed E-state index contributed by atoms with van der Waals surface area (Å²) in [6.07, 6.45) is -0.0479. The molecule has 16 heteroatoms. The van der Waals surface area contributed by atoms with Crippen molar-refractivity contribution >= 4 is 71.9 Å². The van der Waals surface area contributed by atoms with Gasteiger partial charge in [0.15, 0.2) is 6.10 Å². The molecule has 51 heavy (non-hydrogen) atoms. The van der Waals surface area contributed by atoms with Crippen LogP contribution in [0.3, 0.4) is 0 Å². The summed E-state index contributed by atoms with van der Waals surface area (Å²) in [5, 5.41) is 9.87. The molecule has 0 radical (unpaired) electrons. The van der Waals surface area contributed by atoms with Crippen molar-refractivity contribution < 1.29 is 38.1 Å². The SMILES string of the molecule is CCOC(C)=O.CNC(=O)[C@H]1CN(C(=O)OC(C)(C)C)C(Cc2ccc(Cl)cc2)CO1.CNC(=O)[C@H]1CNC(Cc2ccc(Cl)cc2)CO1.Cl.Cl. The van der Waals surface area contributed by atoms with E-state index in [-0.39, 0.29) is 73.9 Å². The Hall–Kier alpha value is -2.84. The molecule has 0 aromatic heterocycles. The summed E-state index contributed by atoms with van der Waals surface area (Å²) >= 11 is 11.8. The fourth-order valence-electron chi connectivity index (χ4n) is 4.82. The number of benzene rings is 2. The minimum atomic E-state index is -0.695. The maximum Gasteiger partial charge on any atom is 0.410 e. The van der Waals surface area contributed by atoms with Crippen LogP contribution in [-0.2, 0) is 46.2 Å². The zero-order valence-electron chi connectivity index (χ0n) is 30.2. The van der Waals surface area contributed by atoms with Crippen molar-refractivity contribution in [2.24, 2.45) is 0 Å². The Morgan fingerprint density at radius 3 is 1.75 bits per heavy atom. The highest BCUT2D eigenvalue weighted by Gasteiger charge is 2.37. The molecule has 2 fully saturated rings. The Morgan fingerprint density at radius 1 is 0.843 bits per heavy atom. The number of nitrogens with one attached hydrogen (secondary N) is 3. The van der Waals surface area contributed by atoms with Gasteiger partial charge in [0.2, 0.25) is 5.91 Å². The van der Waals surface area contributed by atoms with Gasteiger partial charge in [-0.3, -0.25) is 19.3 Å². The predicted molar refractivity (Wildman–Crippen MR) is 203 cm³/mol. The molecule has 4 atom stereocenters. The average Bonchev–Trinajstić information content (AvgIpc) is 3.06. The van der Waals surface area contributed by atoms with Crippen LogP contribution in [0.4, 0.5) is 4.79 Å². The molecular formula is C35H52Cl4N4O8. The first kappa shape index (κ1) is 48.2. The number of rotatable bonds is 7. The van der Waals surface area contributed by atoms with Crippen LogP contribution in [0.15, 0.2) is 48.5 Å². The standard InChI is InChI=1S/C18H25ClN2O4.C13H17ClN2O2.C4H8O2.2ClH/c1-18(2,3)25-17(23)21-10-15(16(22)20-4)24-11-14(21)9-12-5-7-13(19)8-6-12;1-15-13(17)12-7-16-11(8-18-12)6-9-2-4-10(14)5-3-9;1-3-6-4(2)5;;/h5-8,14-15H,9-11H2,1-4H3,(H,20,22);2-5,11-12,16H,6-8H2,1H3,(H,15,17);3H2,1-2H3;2*1H/t14?,15-;11?,12-;;;/m11.../s1. The van der Waals surface area contributed by atoms with Crippen LogP contribution in [0, 0.1) is 0 Å². The lowest BCUT2D eigenvalue weighted by Gasteiger charge is -2.39. The molecule has 2 aliphatic heterocycles. The third kappa shape index (κ3) is 18.5. The molecule has 2 unspecified atom stereocenters. The van der Waals surface area contributed by atoms with Crippen molar-refractivity contribution in [2.45, 2.75) is 77.4 Å². The second-order valence-corrected chi connectivity index (χ2v) is 13.2. The molecule has 0 aliphatic carbocycles. The van der Waals surface area contributed by atoms with Crippen LogP contribution >= 0.6 is 48.0 Å². The molecular weight excluding hydrogens is 746 g/mol. The summed E-state index contributed by atoms with van der Waals surface area (Å²) in [6, 6.07) is 15.3. The van der Waals surface area contributed by atoms with E-state index in [4.69, 9.17) is 37.4 Å². The number of amides is 3. The summed E-state index contributed by atoms with van der Waals surface area (Å²) in [5.41, 5.74) is 1.63. The van der Waals surface area contributed by atoms with Crippen molar-refractivity contribution in [2.75, 3.05) is 47.0 Å². The van der Waals surface area contributed by atoms with Crippen molar-refractivity contribution in [1.29, 1.82) is 0 Å². The third-order valence-electron chi connectivity index (χ3n) is 7.22. The molecule has 2 aromatic rings. The van der Waals surface area contributed by atoms with E-state index < -0.39 is 17.8 Å². The summed E-state index contributed by atoms with van der Waals surface area (Å²) in [7, 11) is 3.16. The Labute approximate surface area is 323 Å². The fraction of sp³-hybridized carbons (Fsp3) is 0.543. The lowest BCUT2D eigenvalue weighted by molar-refractivity contribution is -0.141. The van der Waals surface area contributed by atoms with Gasteiger partial charge >= 0.3 is 12.1 Å². The highest BCUT2D eigenvalue weighted by atomic mass is 35.5. The summed E-state index contributed by atoms with van der Waals surface area (Å²) in [6.45, 7) is 10.6. The number of ether oxygens (including phenoxy) is 4. The van der Waals surface area contributed by atoms with E-state index in [0.717, 1.165) is 17.0 Å². The maximum atomic E-state index is 12.6. The highest BCUT2D eigenvalue weighted by Crippen LogP contribution is 2.21. The number of morpholine rings is 2. The second-order valence-electron chi connectivity index (χ2n) is 12.3. The van der Waals surface area contributed by atoms with Gasteiger partial charge in [-0.05, 0) is 75.9 Å². The number of carbonyl (C=O) groups excluding carboxylic acids is 4. The predicted octanol–water partition coefficient (Wildman–Crippen LogP) is 5.03. The number of carbonyl (C=O) groups is 4. The fourth-order valence-corrected chi connectivity index (χ4v) is 5.07. The Bertz CT molecular complexity index is 1340. The molecule has 2 heterocycles. The zero-order chi connectivity index (χ0) is 36.6. The maximum absolute atomic E-state index is 12.6. The monoisotopic (exact) mass is 796 g/mol. The quantitative estimate of drug-likeness (QED) is 0.329. The molecule has 4 rings (SSSR count). The molecule has 0 saturated carbocycles. The molecule has 3 N–H and O–H groups in total. The Kier molecular flexibility index (Phi) is 23.1. The lowest BCUT2D eigenvalue weighted by atomic mass is 10.0. The van der Waals surface area contributed by atoms with Gasteiger partial charge in [-0.2, -0.15) is 0 Å². The number of hydrogen-bond donors (Lipinski definition) is 3. The van der Waals surface area contributed by atoms with Crippen LogP contribution in [0.25, 0.3) is 0 Å². The van der Waals surface area contributed by atoms with Gasteiger partial charge in [0.1, 0.15) is 11.7 Å². The van der Waals surface area contributed by atoms with Gasteiger partial charge in [0, 0.05) is 43.7 Å². The van der Waals surface area contributed by atoms with Gasteiger partial charge in [0.25, 0.3) is 5.91 Å². The minimum Gasteiger partial charge on any atom is -0.466 e. The van der Waals surface area contributed by atoms with Crippen LogP contribution in [-0.4, -0.2) is 106 Å². The van der Waals surface area contributed by atoms with Gasteiger partial charge < -0.3 is 34.9 Å². The molecule has 3 amide bonds. The number of likely N-dealkylation sites (N-methyl/N-ethyl adjacent to an activating group) is 2. The van der Waals surface area contributed by atoms with Crippen LogP contribution in [0.5, 0.6) is 0 Å². The first-order chi connectivity index (χ1) is 23.1. The largest absolute Gasteiger partial charge is 0.466 e. The summed E-state index contributed by atoms with van der Waals surface area (Å²) in [5.74, 6) is -0.538. The van der Waals surface area contributed by atoms with Crippen molar-refractivity contribution in [3.05, 3.63) is 69.7 Å². The molecule has 288 valence electrons. The molecule has 0 bridgehead atoms. The van der Waals surface area contributed by atoms with E-state index in [1.807, 2.05) is 69.3 Å². The topological polar surface area (TPSA) is 145 Å². The number of nitrogens with zero attached hydrogens (tertiary/aromatic N) is 1. The van der Waals surface area contributed by atoms with Gasteiger partial charge in [0.05, 0.1) is 32.4 Å². The van der Waals surface area contributed by atoms with Gasteiger partial charge in [-0.25, -0.2) is 4.79 Å². The zero-order valence-corrected chi connectivity index (χ0v) is 33.3. The smallest absolute Gasteiger partial charge is 0.410 e. The van der Waals surface area contributed by atoms with Crippen molar-refractivity contribution in [3.63, 3.8) is 0 Å². The van der Waals surface area contributed by atoms with E-state index in [1.54, 1.807) is 25.9 Å². The first-order valence-electron chi connectivity index (χ1n) is 16.2. The molecule has 12 nitrogen and oxygen atoms in total. The van der Waals surface area contributed by atoms with Crippen molar-refractivity contribution in [1.82, 2.24) is 20.9 Å².